The van der Waals surface area contributed by atoms with Crippen LogP contribution in [0.4, 0.5) is 5.95 Å². The van der Waals surface area contributed by atoms with Crippen LogP contribution in [-0.4, -0.2) is 55.0 Å². The Hall–Kier alpha value is -3.36. The minimum absolute atomic E-state index is 0.0857. The third-order valence-corrected chi connectivity index (χ3v) is 5.08. The first kappa shape index (κ1) is 19.9. The highest BCUT2D eigenvalue weighted by molar-refractivity contribution is 5.92. The minimum atomic E-state index is -0.0857. The van der Waals surface area contributed by atoms with E-state index in [2.05, 4.69) is 25.4 Å². The second-order valence-corrected chi connectivity index (χ2v) is 7.78. The lowest BCUT2D eigenvalue weighted by Crippen LogP contribution is -2.38. The number of hydrogen-bond acceptors (Lipinski definition) is 8. The van der Waals surface area contributed by atoms with E-state index in [1.165, 1.54) is 12.4 Å². The molecule has 30 heavy (non-hydrogen) atoms. The second kappa shape index (κ2) is 8.56. The van der Waals surface area contributed by atoms with Crippen LogP contribution in [0.15, 0.2) is 35.4 Å². The molecule has 1 aliphatic heterocycles. The van der Waals surface area contributed by atoms with Crippen LogP contribution in [0.3, 0.4) is 0 Å². The Kier molecular flexibility index (Phi) is 5.69. The molecule has 1 aliphatic rings. The summed E-state index contributed by atoms with van der Waals surface area (Å²) in [6, 6.07) is 2.12. The van der Waals surface area contributed by atoms with Crippen molar-refractivity contribution < 1.29 is 9.32 Å². The Morgan fingerprint density at radius 3 is 2.63 bits per heavy atom. The van der Waals surface area contributed by atoms with Gasteiger partial charge in [-0.15, -0.1) is 0 Å². The van der Waals surface area contributed by atoms with Crippen LogP contribution in [0, 0.1) is 6.92 Å². The number of hydrogen-bond donors (Lipinski definition) is 1. The number of anilines is 1. The van der Waals surface area contributed by atoms with Gasteiger partial charge in [0.15, 0.2) is 5.76 Å². The third kappa shape index (κ3) is 4.29. The Morgan fingerprint density at radius 1 is 1.20 bits per heavy atom. The molecule has 1 saturated heterocycles. The molecule has 4 rings (SSSR count). The van der Waals surface area contributed by atoms with Crippen LogP contribution in [-0.2, 0) is 0 Å². The van der Waals surface area contributed by atoms with Gasteiger partial charge in [-0.3, -0.25) is 9.78 Å². The number of rotatable bonds is 5. The van der Waals surface area contributed by atoms with Crippen molar-refractivity contribution >= 4 is 11.9 Å². The van der Waals surface area contributed by atoms with Crippen LogP contribution < -0.4 is 5.32 Å². The zero-order chi connectivity index (χ0) is 21.1. The van der Waals surface area contributed by atoms with Gasteiger partial charge in [0, 0.05) is 49.7 Å². The van der Waals surface area contributed by atoms with Crippen LogP contribution in [0.1, 0.15) is 54.5 Å². The number of piperidine rings is 1. The van der Waals surface area contributed by atoms with Crippen LogP contribution in [0.25, 0.3) is 11.3 Å². The highest BCUT2D eigenvalue weighted by Crippen LogP contribution is 2.35. The molecule has 3 aromatic rings. The van der Waals surface area contributed by atoms with Gasteiger partial charge < -0.3 is 14.7 Å². The van der Waals surface area contributed by atoms with E-state index in [1.807, 2.05) is 31.7 Å². The summed E-state index contributed by atoms with van der Waals surface area (Å²) in [4.78, 5) is 31.9. The fourth-order valence-electron chi connectivity index (χ4n) is 3.64. The fraction of sp³-hybridized carbons (Fsp3) is 0.429. The first-order valence-corrected chi connectivity index (χ1v) is 10.1. The monoisotopic (exact) mass is 407 g/mol. The molecular formula is C21H25N7O2. The molecular weight excluding hydrogens is 382 g/mol. The Bertz CT molecular complexity index is 1010. The van der Waals surface area contributed by atoms with Crippen LogP contribution in [0.2, 0.25) is 0 Å². The Balaban J connectivity index is 1.56. The van der Waals surface area contributed by atoms with Gasteiger partial charge in [-0.1, -0.05) is 5.16 Å². The molecule has 156 valence electrons. The average molecular weight is 407 g/mol. The molecule has 3 aromatic heterocycles. The molecule has 1 N–H and O–H groups in total. The third-order valence-electron chi connectivity index (χ3n) is 5.08. The number of likely N-dealkylation sites (tertiary alicyclic amines) is 1. The fourth-order valence-corrected chi connectivity index (χ4v) is 3.64. The van der Waals surface area contributed by atoms with Gasteiger partial charge in [0.1, 0.15) is 5.69 Å². The molecule has 0 radical (unpaired) electrons. The molecule has 0 bridgehead atoms. The van der Waals surface area contributed by atoms with Crippen molar-refractivity contribution in [2.24, 2.45) is 0 Å². The molecule has 0 saturated carbocycles. The van der Waals surface area contributed by atoms with E-state index >= 15 is 0 Å². The summed E-state index contributed by atoms with van der Waals surface area (Å²) >= 11 is 0. The van der Waals surface area contributed by atoms with E-state index in [-0.39, 0.29) is 17.9 Å². The van der Waals surface area contributed by atoms with Gasteiger partial charge in [-0.2, -0.15) is 0 Å². The van der Waals surface area contributed by atoms with Gasteiger partial charge in [0.05, 0.1) is 23.1 Å². The topological polar surface area (TPSA) is 110 Å². The van der Waals surface area contributed by atoms with E-state index in [4.69, 9.17) is 9.51 Å². The van der Waals surface area contributed by atoms with Gasteiger partial charge in [-0.25, -0.2) is 15.0 Å². The van der Waals surface area contributed by atoms with E-state index < -0.39 is 0 Å². The highest BCUT2D eigenvalue weighted by Gasteiger charge is 2.29. The van der Waals surface area contributed by atoms with Gasteiger partial charge in [0.25, 0.3) is 5.91 Å². The van der Waals surface area contributed by atoms with Crippen molar-refractivity contribution in [2.75, 3.05) is 18.4 Å². The maximum absolute atomic E-state index is 12.7. The number of nitrogens with zero attached hydrogens (tertiary/aromatic N) is 6. The zero-order valence-corrected chi connectivity index (χ0v) is 17.4. The molecule has 0 atom stereocenters. The molecule has 0 aromatic carbocycles. The first-order valence-electron chi connectivity index (χ1n) is 10.1. The summed E-state index contributed by atoms with van der Waals surface area (Å²) in [5.74, 6) is 1.36. The number of carbonyl (C=O) groups excluding carboxylic acids is 1. The summed E-state index contributed by atoms with van der Waals surface area (Å²) in [6.45, 7) is 7.25. The molecule has 9 heteroatoms. The number of aryl methyl sites for hydroxylation is 1. The number of carbonyl (C=O) groups is 1. The molecule has 9 nitrogen and oxygen atoms in total. The molecule has 0 unspecified atom stereocenters. The number of nitrogens with one attached hydrogen (secondary N) is 1. The van der Waals surface area contributed by atoms with Crippen molar-refractivity contribution in [1.82, 2.24) is 30.0 Å². The zero-order valence-electron chi connectivity index (χ0n) is 17.4. The van der Waals surface area contributed by atoms with Gasteiger partial charge >= 0.3 is 0 Å². The molecule has 4 heterocycles. The molecule has 0 aliphatic carbocycles. The molecule has 1 amide bonds. The first-order chi connectivity index (χ1) is 14.5. The molecule has 1 fully saturated rings. The lowest BCUT2D eigenvalue weighted by molar-refractivity contribution is 0.0705. The Labute approximate surface area is 175 Å². The van der Waals surface area contributed by atoms with E-state index in [0.717, 1.165) is 29.8 Å². The average Bonchev–Trinajstić information content (AvgIpc) is 3.19. The van der Waals surface area contributed by atoms with E-state index in [0.29, 0.717) is 30.5 Å². The summed E-state index contributed by atoms with van der Waals surface area (Å²) < 4.78 is 5.49. The van der Waals surface area contributed by atoms with Crippen molar-refractivity contribution in [1.29, 1.82) is 0 Å². The lowest BCUT2D eigenvalue weighted by Gasteiger charge is -2.32. The van der Waals surface area contributed by atoms with E-state index in [9.17, 15) is 4.79 Å². The smallest absolute Gasteiger partial charge is 0.274 e. The molecule has 0 spiro atoms. The summed E-state index contributed by atoms with van der Waals surface area (Å²) in [5, 5.41) is 7.28. The maximum Gasteiger partial charge on any atom is 0.274 e. The summed E-state index contributed by atoms with van der Waals surface area (Å²) in [5.41, 5.74) is 2.96. The van der Waals surface area contributed by atoms with Crippen LogP contribution in [0.5, 0.6) is 0 Å². The Morgan fingerprint density at radius 2 is 2.00 bits per heavy atom. The summed E-state index contributed by atoms with van der Waals surface area (Å²) in [7, 11) is 0. The predicted octanol–water partition coefficient (Wildman–Crippen LogP) is 3.07. The normalized spacial score (nSPS) is 14.9. The lowest BCUT2D eigenvalue weighted by atomic mass is 9.90. The number of amides is 1. The SMILES string of the molecule is Cc1cc(-c2cnc(NC(C)C)nc2C2CCN(C(=O)c3cnccn3)CC2)on1. The maximum atomic E-state index is 12.7. The standard InChI is InChI=1S/C21H25N7O2/c1-13(2)25-21-24-11-16(18-10-14(3)27-30-18)19(26-21)15-4-8-28(9-5-15)20(29)17-12-22-6-7-23-17/h6-7,10-13,15H,4-5,8-9H2,1-3H3,(H,24,25,26). The van der Waals surface area contributed by atoms with Crippen molar-refractivity contribution in [2.45, 2.75) is 45.6 Å². The minimum Gasteiger partial charge on any atom is -0.356 e. The van der Waals surface area contributed by atoms with Crippen molar-refractivity contribution in [3.8, 4) is 11.3 Å². The number of aromatic nitrogens is 5. The largest absolute Gasteiger partial charge is 0.356 e. The van der Waals surface area contributed by atoms with E-state index in [1.54, 1.807) is 12.4 Å². The van der Waals surface area contributed by atoms with Gasteiger partial charge in [0.2, 0.25) is 5.95 Å². The van der Waals surface area contributed by atoms with Crippen molar-refractivity contribution in [3.05, 3.63) is 47.9 Å². The van der Waals surface area contributed by atoms with Crippen molar-refractivity contribution in [3.63, 3.8) is 0 Å². The summed E-state index contributed by atoms with van der Waals surface area (Å²) in [6.07, 6.45) is 8.00. The van der Waals surface area contributed by atoms with Crippen LogP contribution >= 0.6 is 0 Å². The van der Waals surface area contributed by atoms with Gasteiger partial charge in [-0.05, 0) is 33.6 Å². The predicted molar refractivity (Wildman–Crippen MR) is 111 cm³/mol. The second-order valence-electron chi connectivity index (χ2n) is 7.78. The quantitative estimate of drug-likeness (QED) is 0.687. The highest BCUT2D eigenvalue weighted by atomic mass is 16.5.